The van der Waals surface area contributed by atoms with Crippen LogP contribution in [0.25, 0.3) is 0 Å². The van der Waals surface area contributed by atoms with Gasteiger partial charge in [0.1, 0.15) is 12.4 Å². The van der Waals surface area contributed by atoms with Gasteiger partial charge in [-0.2, -0.15) is 0 Å². The Morgan fingerprint density at radius 3 is 2.26 bits per heavy atom. The van der Waals surface area contributed by atoms with Crippen LogP contribution in [0, 0.1) is 5.82 Å². The number of benzene rings is 2. The normalized spacial score (nSPS) is 10.1. The molecule has 0 bridgehead atoms. The molecule has 0 aliphatic carbocycles. The number of amides is 2. The number of nitrogens with one attached hydrogen (secondary N) is 2. The summed E-state index contributed by atoms with van der Waals surface area (Å²) < 4.78 is 17.6. The third-order valence-corrected chi connectivity index (χ3v) is 3.65. The van der Waals surface area contributed by atoms with Gasteiger partial charge in [-0.3, -0.25) is 14.4 Å². The summed E-state index contributed by atoms with van der Waals surface area (Å²) in [5.41, 5.74) is 1.72. The lowest BCUT2D eigenvalue weighted by Crippen LogP contribution is -2.35. The first-order valence-corrected chi connectivity index (χ1v) is 8.50. The zero-order valence-corrected chi connectivity index (χ0v) is 14.7. The molecule has 142 valence electrons. The molecule has 2 aromatic carbocycles. The van der Waals surface area contributed by atoms with Gasteiger partial charge in [-0.1, -0.05) is 42.5 Å². The Labute approximate surface area is 156 Å². The van der Waals surface area contributed by atoms with Gasteiger partial charge in [-0.05, 0) is 29.7 Å². The Morgan fingerprint density at radius 1 is 0.852 bits per heavy atom. The maximum absolute atomic E-state index is 12.8. The third-order valence-electron chi connectivity index (χ3n) is 3.65. The van der Waals surface area contributed by atoms with Crippen LogP contribution in [0.3, 0.4) is 0 Å². The lowest BCUT2D eigenvalue weighted by molar-refractivity contribution is -0.148. The highest BCUT2D eigenvalue weighted by atomic mass is 19.1. The Hall–Kier alpha value is -3.22. The summed E-state index contributed by atoms with van der Waals surface area (Å²) in [7, 11) is 0. The van der Waals surface area contributed by atoms with Crippen molar-refractivity contribution in [3.05, 3.63) is 71.5 Å². The van der Waals surface area contributed by atoms with Crippen molar-refractivity contribution >= 4 is 17.8 Å². The van der Waals surface area contributed by atoms with Crippen molar-refractivity contribution in [3.8, 4) is 0 Å². The van der Waals surface area contributed by atoms with E-state index in [1.165, 1.54) is 12.1 Å². The second-order valence-electron chi connectivity index (χ2n) is 5.83. The summed E-state index contributed by atoms with van der Waals surface area (Å²) in [5, 5.41) is 5.05. The summed E-state index contributed by atoms with van der Waals surface area (Å²) in [4.78, 5) is 34.9. The molecule has 6 nitrogen and oxygen atoms in total. The summed E-state index contributed by atoms with van der Waals surface area (Å²) in [6, 6.07) is 15.1. The van der Waals surface area contributed by atoms with Crippen LogP contribution < -0.4 is 10.6 Å². The van der Waals surface area contributed by atoms with Gasteiger partial charge in [0, 0.05) is 6.54 Å². The molecule has 2 amide bonds. The Kier molecular flexibility index (Phi) is 7.96. The monoisotopic (exact) mass is 372 g/mol. The van der Waals surface area contributed by atoms with E-state index in [0.29, 0.717) is 13.0 Å². The predicted molar refractivity (Wildman–Crippen MR) is 97.2 cm³/mol. The summed E-state index contributed by atoms with van der Waals surface area (Å²) in [6.07, 6.45) is 0.702. The van der Waals surface area contributed by atoms with E-state index < -0.39 is 18.5 Å². The van der Waals surface area contributed by atoms with E-state index in [0.717, 1.165) is 11.1 Å². The standard InChI is InChI=1S/C20H21FN2O4/c21-17-8-6-15(7-9-17)10-11-22-19(25)14-27-20(26)13-23-18(24)12-16-4-2-1-3-5-16/h1-9H,10-14H2,(H,22,25)(H,23,24). The number of hydrogen-bond donors (Lipinski definition) is 2. The average Bonchev–Trinajstić information content (AvgIpc) is 2.67. The lowest BCUT2D eigenvalue weighted by Gasteiger charge is -2.08. The molecule has 0 aliphatic rings. The maximum Gasteiger partial charge on any atom is 0.325 e. The van der Waals surface area contributed by atoms with Crippen LogP contribution in [0.5, 0.6) is 0 Å². The topological polar surface area (TPSA) is 84.5 Å². The van der Waals surface area contributed by atoms with Gasteiger partial charge in [-0.15, -0.1) is 0 Å². The summed E-state index contributed by atoms with van der Waals surface area (Å²) in [6.45, 7) is -0.374. The lowest BCUT2D eigenvalue weighted by atomic mass is 10.1. The number of carbonyl (C=O) groups is 3. The maximum atomic E-state index is 12.8. The Bertz CT molecular complexity index is 763. The van der Waals surface area contributed by atoms with E-state index in [-0.39, 0.29) is 24.7 Å². The van der Waals surface area contributed by atoms with Crippen molar-refractivity contribution in [2.24, 2.45) is 0 Å². The fourth-order valence-corrected chi connectivity index (χ4v) is 2.26. The van der Waals surface area contributed by atoms with Crippen molar-refractivity contribution in [3.63, 3.8) is 0 Å². The Balaban J connectivity index is 1.57. The fraction of sp³-hybridized carbons (Fsp3) is 0.250. The molecule has 2 rings (SSSR count). The van der Waals surface area contributed by atoms with Gasteiger partial charge in [-0.25, -0.2) is 4.39 Å². The quantitative estimate of drug-likeness (QED) is 0.652. The molecule has 0 aliphatic heterocycles. The number of esters is 1. The SMILES string of the molecule is O=C(COC(=O)CNC(=O)Cc1ccccc1)NCCc1ccc(F)cc1. The molecule has 0 saturated carbocycles. The van der Waals surface area contributed by atoms with Crippen molar-refractivity contribution in [2.75, 3.05) is 19.7 Å². The molecule has 0 atom stereocenters. The van der Waals surface area contributed by atoms with Crippen LogP contribution in [0.4, 0.5) is 4.39 Å². The van der Waals surface area contributed by atoms with Crippen LogP contribution in [-0.4, -0.2) is 37.5 Å². The van der Waals surface area contributed by atoms with Crippen molar-refractivity contribution in [1.82, 2.24) is 10.6 Å². The number of halogens is 1. The smallest absolute Gasteiger partial charge is 0.325 e. The first kappa shape index (κ1) is 20.1. The molecule has 0 spiro atoms. The highest BCUT2D eigenvalue weighted by Crippen LogP contribution is 2.02. The van der Waals surface area contributed by atoms with Gasteiger partial charge in [0.05, 0.1) is 6.42 Å². The summed E-state index contributed by atoms with van der Waals surface area (Å²) >= 11 is 0. The molecular formula is C20H21FN2O4. The molecule has 0 aromatic heterocycles. The number of ether oxygens (including phenoxy) is 1. The minimum absolute atomic E-state index is 0.165. The highest BCUT2D eigenvalue weighted by molar-refractivity contribution is 5.85. The molecular weight excluding hydrogens is 351 g/mol. The van der Waals surface area contributed by atoms with Crippen LogP contribution in [0.1, 0.15) is 11.1 Å². The van der Waals surface area contributed by atoms with E-state index >= 15 is 0 Å². The number of hydrogen-bond acceptors (Lipinski definition) is 4. The summed E-state index contributed by atoms with van der Waals surface area (Å²) in [5.74, 6) is -1.75. The molecule has 0 fully saturated rings. The van der Waals surface area contributed by atoms with Crippen LogP contribution in [0.15, 0.2) is 54.6 Å². The van der Waals surface area contributed by atoms with Crippen LogP contribution in [-0.2, 0) is 32.0 Å². The van der Waals surface area contributed by atoms with Crippen molar-refractivity contribution < 1.29 is 23.5 Å². The third kappa shape index (κ3) is 8.13. The van der Waals surface area contributed by atoms with Gasteiger partial charge >= 0.3 is 5.97 Å². The van der Waals surface area contributed by atoms with Crippen molar-refractivity contribution in [1.29, 1.82) is 0 Å². The largest absolute Gasteiger partial charge is 0.454 e. The molecule has 0 saturated heterocycles. The van der Waals surface area contributed by atoms with Crippen LogP contribution in [0.2, 0.25) is 0 Å². The average molecular weight is 372 g/mol. The second-order valence-corrected chi connectivity index (χ2v) is 5.83. The molecule has 0 unspecified atom stereocenters. The van der Waals surface area contributed by atoms with E-state index in [1.54, 1.807) is 12.1 Å². The van der Waals surface area contributed by atoms with Crippen molar-refractivity contribution in [2.45, 2.75) is 12.8 Å². The molecule has 27 heavy (non-hydrogen) atoms. The van der Waals surface area contributed by atoms with E-state index in [9.17, 15) is 18.8 Å². The Morgan fingerprint density at radius 2 is 1.56 bits per heavy atom. The first-order valence-electron chi connectivity index (χ1n) is 8.50. The molecule has 0 radical (unpaired) electrons. The van der Waals surface area contributed by atoms with Gasteiger partial charge in [0.25, 0.3) is 5.91 Å². The minimum Gasteiger partial charge on any atom is -0.454 e. The minimum atomic E-state index is -0.690. The van der Waals surface area contributed by atoms with Gasteiger partial charge in [0.2, 0.25) is 5.91 Å². The van der Waals surface area contributed by atoms with Gasteiger partial charge in [0.15, 0.2) is 6.61 Å². The molecule has 7 heteroatoms. The van der Waals surface area contributed by atoms with E-state index in [2.05, 4.69) is 10.6 Å². The number of rotatable bonds is 9. The second kappa shape index (κ2) is 10.7. The highest BCUT2D eigenvalue weighted by Gasteiger charge is 2.09. The molecule has 0 heterocycles. The van der Waals surface area contributed by atoms with E-state index in [4.69, 9.17) is 4.74 Å². The number of carbonyl (C=O) groups excluding carboxylic acids is 3. The zero-order chi connectivity index (χ0) is 19.5. The zero-order valence-electron chi connectivity index (χ0n) is 14.7. The molecule has 2 aromatic rings. The van der Waals surface area contributed by atoms with E-state index in [1.807, 2.05) is 30.3 Å². The predicted octanol–water partition coefficient (Wildman–Crippen LogP) is 1.39. The first-order chi connectivity index (χ1) is 13.0. The fourth-order valence-electron chi connectivity index (χ4n) is 2.26. The molecule has 2 N–H and O–H groups in total. The van der Waals surface area contributed by atoms with Gasteiger partial charge < -0.3 is 15.4 Å². The van der Waals surface area contributed by atoms with Crippen LogP contribution >= 0.6 is 0 Å².